The largest absolute Gasteiger partial charge is 0.469 e. The maximum atomic E-state index is 11.4. The van der Waals surface area contributed by atoms with Crippen molar-refractivity contribution < 1.29 is 9.53 Å². The predicted octanol–water partition coefficient (Wildman–Crippen LogP) is 0.479. The zero-order valence-corrected chi connectivity index (χ0v) is 9.95. The van der Waals surface area contributed by atoms with Crippen LogP contribution in [0.1, 0.15) is 20.3 Å². The van der Waals surface area contributed by atoms with Gasteiger partial charge in [-0.15, -0.1) is 0 Å². The fraction of sp³-hybridized carbons (Fsp3) is 0.909. The van der Waals surface area contributed by atoms with E-state index in [2.05, 4.69) is 17.1 Å². The van der Waals surface area contributed by atoms with Crippen LogP contribution in [0.2, 0.25) is 0 Å². The summed E-state index contributed by atoms with van der Waals surface area (Å²) in [5.74, 6) is -0.159. The monoisotopic (exact) mass is 214 g/mol. The Labute approximate surface area is 92.0 Å². The minimum Gasteiger partial charge on any atom is -0.469 e. The lowest BCUT2D eigenvalue weighted by Crippen LogP contribution is -2.42. The molecule has 15 heavy (non-hydrogen) atoms. The molecule has 4 heteroatoms. The molecule has 2 unspecified atom stereocenters. The molecule has 2 atom stereocenters. The number of ether oxygens (including phenoxy) is 1. The van der Waals surface area contributed by atoms with E-state index in [1.165, 1.54) is 7.11 Å². The second-order valence-corrected chi connectivity index (χ2v) is 4.19. The van der Waals surface area contributed by atoms with Crippen LogP contribution in [0, 0.1) is 5.92 Å². The first-order chi connectivity index (χ1) is 7.16. The molecule has 88 valence electrons. The Balaban J connectivity index is 2.49. The first-order valence-corrected chi connectivity index (χ1v) is 5.69. The van der Waals surface area contributed by atoms with Crippen LogP contribution in [0.4, 0.5) is 0 Å². The molecule has 1 aliphatic rings. The molecule has 1 N–H and O–H groups in total. The standard InChI is InChI=1S/C11H22N2O2/c1-9(11(14)15-3)10(2)13-7-4-5-12-6-8-13/h9-10,12H,4-8H2,1-3H3. The maximum absolute atomic E-state index is 11.4. The number of methoxy groups -OCH3 is 1. The Hall–Kier alpha value is -0.610. The molecule has 0 aromatic carbocycles. The number of nitrogens with zero attached hydrogens (tertiary/aromatic N) is 1. The van der Waals surface area contributed by atoms with Crippen molar-refractivity contribution in [2.24, 2.45) is 5.92 Å². The smallest absolute Gasteiger partial charge is 0.309 e. The Morgan fingerprint density at radius 2 is 2.07 bits per heavy atom. The van der Waals surface area contributed by atoms with Crippen LogP contribution >= 0.6 is 0 Å². The number of carbonyl (C=O) groups is 1. The van der Waals surface area contributed by atoms with Crippen LogP contribution in [0.3, 0.4) is 0 Å². The first kappa shape index (κ1) is 12.5. The summed E-state index contributed by atoms with van der Waals surface area (Å²) in [5.41, 5.74) is 0. The lowest BCUT2D eigenvalue weighted by molar-refractivity contribution is -0.147. The van der Waals surface area contributed by atoms with Gasteiger partial charge in [0.1, 0.15) is 0 Å². The Bertz CT molecular complexity index is 201. The summed E-state index contributed by atoms with van der Waals surface area (Å²) >= 11 is 0. The number of rotatable bonds is 3. The third-order valence-electron chi connectivity index (χ3n) is 3.25. The molecule has 1 rings (SSSR count). The van der Waals surface area contributed by atoms with Crippen LogP contribution < -0.4 is 5.32 Å². The lowest BCUT2D eigenvalue weighted by Gasteiger charge is -2.30. The van der Waals surface area contributed by atoms with E-state index in [0.29, 0.717) is 0 Å². The summed E-state index contributed by atoms with van der Waals surface area (Å²) in [6.45, 7) is 8.22. The van der Waals surface area contributed by atoms with Crippen LogP contribution in [-0.4, -0.2) is 50.2 Å². The summed E-state index contributed by atoms with van der Waals surface area (Å²) < 4.78 is 4.77. The Morgan fingerprint density at radius 1 is 1.33 bits per heavy atom. The molecular weight excluding hydrogens is 192 g/mol. The van der Waals surface area contributed by atoms with Crippen LogP contribution in [-0.2, 0) is 9.53 Å². The molecule has 0 aromatic rings. The van der Waals surface area contributed by atoms with Gasteiger partial charge in [0.2, 0.25) is 0 Å². The van der Waals surface area contributed by atoms with Crippen LogP contribution in [0.15, 0.2) is 0 Å². The van der Waals surface area contributed by atoms with Crippen LogP contribution in [0.25, 0.3) is 0 Å². The first-order valence-electron chi connectivity index (χ1n) is 5.69. The zero-order chi connectivity index (χ0) is 11.3. The van der Waals surface area contributed by atoms with Gasteiger partial charge in [0.25, 0.3) is 0 Å². The predicted molar refractivity (Wildman–Crippen MR) is 59.7 cm³/mol. The Kier molecular flexibility index (Phi) is 5.05. The lowest BCUT2D eigenvalue weighted by atomic mass is 10.0. The van der Waals surface area contributed by atoms with Crippen molar-refractivity contribution in [2.75, 3.05) is 33.3 Å². The van der Waals surface area contributed by atoms with E-state index in [1.807, 2.05) is 6.92 Å². The zero-order valence-electron chi connectivity index (χ0n) is 9.95. The van der Waals surface area contributed by atoms with Gasteiger partial charge in [-0.05, 0) is 26.4 Å². The number of nitrogens with one attached hydrogen (secondary N) is 1. The highest BCUT2D eigenvalue weighted by Gasteiger charge is 2.26. The number of esters is 1. The van der Waals surface area contributed by atoms with Crippen molar-refractivity contribution >= 4 is 5.97 Å². The second-order valence-electron chi connectivity index (χ2n) is 4.19. The second kappa shape index (κ2) is 6.08. The topological polar surface area (TPSA) is 41.6 Å². The molecule has 0 aliphatic carbocycles. The summed E-state index contributed by atoms with van der Waals surface area (Å²) in [5, 5.41) is 3.36. The molecule has 0 spiro atoms. The molecule has 0 radical (unpaired) electrons. The fourth-order valence-electron chi connectivity index (χ4n) is 1.97. The fourth-order valence-corrected chi connectivity index (χ4v) is 1.97. The summed E-state index contributed by atoms with van der Waals surface area (Å²) in [6.07, 6.45) is 1.15. The van der Waals surface area contributed by atoms with E-state index in [-0.39, 0.29) is 17.9 Å². The van der Waals surface area contributed by atoms with E-state index in [0.717, 1.165) is 32.6 Å². The van der Waals surface area contributed by atoms with E-state index in [1.54, 1.807) is 0 Å². The molecule has 1 heterocycles. The minimum absolute atomic E-state index is 0.0481. The van der Waals surface area contributed by atoms with Gasteiger partial charge >= 0.3 is 5.97 Å². The van der Waals surface area contributed by atoms with Gasteiger partial charge in [0.15, 0.2) is 0 Å². The van der Waals surface area contributed by atoms with Crippen molar-refractivity contribution in [2.45, 2.75) is 26.3 Å². The maximum Gasteiger partial charge on any atom is 0.309 e. The third-order valence-corrected chi connectivity index (χ3v) is 3.25. The quantitative estimate of drug-likeness (QED) is 0.694. The summed E-state index contributed by atoms with van der Waals surface area (Å²) in [4.78, 5) is 13.8. The normalized spacial score (nSPS) is 22.9. The van der Waals surface area contributed by atoms with Gasteiger partial charge in [-0.1, -0.05) is 6.92 Å². The van der Waals surface area contributed by atoms with E-state index in [9.17, 15) is 4.79 Å². The molecule has 1 saturated heterocycles. The van der Waals surface area contributed by atoms with E-state index < -0.39 is 0 Å². The molecule has 0 amide bonds. The molecule has 4 nitrogen and oxygen atoms in total. The number of hydrogen-bond donors (Lipinski definition) is 1. The summed E-state index contributed by atoms with van der Waals surface area (Å²) in [7, 11) is 1.45. The highest BCUT2D eigenvalue weighted by molar-refractivity contribution is 5.72. The number of carbonyl (C=O) groups excluding carboxylic acids is 1. The van der Waals surface area contributed by atoms with Crippen molar-refractivity contribution in [3.8, 4) is 0 Å². The van der Waals surface area contributed by atoms with Crippen LogP contribution in [0.5, 0.6) is 0 Å². The molecule has 0 saturated carbocycles. The minimum atomic E-state index is -0.111. The Morgan fingerprint density at radius 3 is 2.73 bits per heavy atom. The van der Waals surface area contributed by atoms with Crippen molar-refractivity contribution in [3.05, 3.63) is 0 Å². The molecule has 1 aliphatic heterocycles. The third kappa shape index (κ3) is 3.47. The van der Waals surface area contributed by atoms with Gasteiger partial charge < -0.3 is 10.1 Å². The van der Waals surface area contributed by atoms with Gasteiger partial charge in [0.05, 0.1) is 13.0 Å². The average Bonchev–Trinajstić information content (AvgIpc) is 2.54. The highest BCUT2D eigenvalue weighted by Crippen LogP contribution is 2.13. The van der Waals surface area contributed by atoms with Gasteiger partial charge in [-0.25, -0.2) is 0 Å². The van der Waals surface area contributed by atoms with Gasteiger partial charge in [-0.2, -0.15) is 0 Å². The number of hydrogen-bond acceptors (Lipinski definition) is 4. The van der Waals surface area contributed by atoms with E-state index >= 15 is 0 Å². The van der Waals surface area contributed by atoms with Gasteiger partial charge in [-0.3, -0.25) is 9.69 Å². The molecule has 1 fully saturated rings. The van der Waals surface area contributed by atoms with Gasteiger partial charge in [0, 0.05) is 19.1 Å². The SMILES string of the molecule is COC(=O)C(C)C(C)N1CCCNCC1. The summed E-state index contributed by atoms with van der Waals surface area (Å²) in [6, 6.07) is 0.261. The molecule has 0 bridgehead atoms. The molecule has 0 aromatic heterocycles. The van der Waals surface area contributed by atoms with E-state index in [4.69, 9.17) is 4.74 Å². The van der Waals surface area contributed by atoms with Crippen molar-refractivity contribution in [3.63, 3.8) is 0 Å². The molecular formula is C11H22N2O2. The average molecular weight is 214 g/mol. The highest BCUT2D eigenvalue weighted by atomic mass is 16.5. The van der Waals surface area contributed by atoms with Crippen molar-refractivity contribution in [1.82, 2.24) is 10.2 Å². The van der Waals surface area contributed by atoms with Crippen molar-refractivity contribution in [1.29, 1.82) is 0 Å².